The summed E-state index contributed by atoms with van der Waals surface area (Å²) in [5.74, 6) is 0.158. The number of nitrogens with one attached hydrogen (secondary N) is 1. The van der Waals surface area contributed by atoms with Crippen molar-refractivity contribution in [2.45, 2.75) is 0 Å². The molecule has 2 aromatic rings. The Balaban J connectivity index is 2.33. The van der Waals surface area contributed by atoms with E-state index in [0.29, 0.717) is 26.0 Å². The van der Waals surface area contributed by atoms with Gasteiger partial charge in [-0.05, 0) is 56.1 Å². The molecule has 0 spiro atoms. The van der Waals surface area contributed by atoms with E-state index in [1.165, 1.54) is 12.1 Å². The molecule has 0 heterocycles. The van der Waals surface area contributed by atoms with Gasteiger partial charge in [0.1, 0.15) is 23.2 Å². The molecule has 0 saturated carbocycles. The monoisotopic (exact) mass is 420 g/mol. The van der Waals surface area contributed by atoms with Crippen LogP contribution in [0.2, 0.25) is 5.02 Å². The Bertz CT molecular complexity index is 694. The summed E-state index contributed by atoms with van der Waals surface area (Å²) in [6.07, 6.45) is 0. The minimum atomic E-state index is -0.565. The Morgan fingerprint density at radius 2 is 1.90 bits per heavy atom. The van der Waals surface area contributed by atoms with Crippen molar-refractivity contribution in [1.29, 1.82) is 5.41 Å². The van der Waals surface area contributed by atoms with E-state index >= 15 is 0 Å². The second-order valence-corrected chi connectivity index (χ2v) is 5.97. The predicted octanol–water partition coefficient (Wildman–Crippen LogP) is 5.08. The largest absolute Gasteiger partial charge is 0.456 e. The number of amidine groups is 1. The van der Waals surface area contributed by atoms with Gasteiger partial charge in [-0.25, -0.2) is 4.39 Å². The van der Waals surface area contributed by atoms with E-state index in [4.69, 9.17) is 27.5 Å². The highest BCUT2D eigenvalue weighted by Crippen LogP contribution is 2.34. The molecule has 0 atom stereocenters. The number of rotatable bonds is 3. The summed E-state index contributed by atoms with van der Waals surface area (Å²) >= 11 is 12.2. The van der Waals surface area contributed by atoms with E-state index in [0.717, 1.165) is 0 Å². The molecule has 0 saturated heterocycles. The van der Waals surface area contributed by atoms with E-state index in [9.17, 15) is 4.39 Å². The van der Waals surface area contributed by atoms with Gasteiger partial charge in [0.25, 0.3) is 0 Å². The number of nitrogens with two attached hydrogens (primary N) is 1. The molecule has 20 heavy (non-hydrogen) atoms. The molecule has 3 nitrogen and oxygen atoms in total. The third-order valence-corrected chi connectivity index (χ3v) is 4.00. The quantitative estimate of drug-likeness (QED) is 0.412. The van der Waals surface area contributed by atoms with E-state index in [-0.39, 0.29) is 10.9 Å². The standard InChI is InChI=1S/C13H8Br2ClFN2O/c14-8-3-6(1-2-7(8)13(18)19)20-12-5-11(17)10(16)4-9(12)15/h1-5H,(H3,18,19). The third-order valence-electron chi connectivity index (χ3n) is 2.43. The average molecular weight is 422 g/mol. The molecule has 0 aliphatic heterocycles. The van der Waals surface area contributed by atoms with Crippen LogP contribution < -0.4 is 10.5 Å². The van der Waals surface area contributed by atoms with Crippen LogP contribution in [0.1, 0.15) is 5.56 Å². The van der Waals surface area contributed by atoms with E-state index in [1.807, 2.05) is 0 Å². The highest BCUT2D eigenvalue weighted by atomic mass is 79.9. The minimum Gasteiger partial charge on any atom is -0.456 e. The molecule has 0 bridgehead atoms. The van der Waals surface area contributed by atoms with Crippen LogP contribution in [0.4, 0.5) is 4.39 Å². The molecule has 2 rings (SSSR count). The van der Waals surface area contributed by atoms with Gasteiger partial charge in [-0.2, -0.15) is 0 Å². The van der Waals surface area contributed by atoms with Gasteiger partial charge in [0.2, 0.25) is 0 Å². The lowest BCUT2D eigenvalue weighted by Gasteiger charge is -2.10. The number of nitrogen functional groups attached to an aromatic ring is 1. The molecule has 0 aliphatic rings. The van der Waals surface area contributed by atoms with Crippen LogP contribution in [0.25, 0.3) is 0 Å². The maximum atomic E-state index is 13.4. The predicted molar refractivity (Wildman–Crippen MR) is 84.3 cm³/mol. The number of halogens is 4. The molecule has 0 aromatic heterocycles. The van der Waals surface area contributed by atoms with Gasteiger partial charge >= 0.3 is 0 Å². The first kappa shape index (κ1) is 15.3. The summed E-state index contributed by atoms with van der Waals surface area (Å²) in [6.45, 7) is 0. The smallest absolute Gasteiger partial charge is 0.145 e. The second-order valence-electron chi connectivity index (χ2n) is 3.85. The van der Waals surface area contributed by atoms with Gasteiger partial charge in [-0.15, -0.1) is 0 Å². The number of ether oxygens (including phenoxy) is 1. The lowest BCUT2D eigenvalue weighted by molar-refractivity contribution is 0.473. The van der Waals surface area contributed by atoms with Crippen LogP contribution in [0.3, 0.4) is 0 Å². The first-order valence-corrected chi connectivity index (χ1v) is 7.31. The van der Waals surface area contributed by atoms with Crippen LogP contribution >= 0.6 is 43.5 Å². The van der Waals surface area contributed by atoms with Crippen molar-refractivity contribution in [2.24, 2.45) is 5.73 Å². The van der Waals surface area contributed by atoms with Crippen molar-refractivity contribution >= 4 is 49.3 Å². The van der Waals surface area contributed by atoms with Gasteiger partial charge < -0.3 is 10.5 Å². The molecule has 0 radical (unpaired) electrons. The highest BCUT2D eigenvalue weighted by molar-refractivity contribution is 9.10. The Morgan fingerprint density at radius 3 is 2.50 bits per heavy atom. The number of benzene rings is 2. The van der Waals surface area contributed by atoms with Gasteiger partial charge in [0.05, 0.1) is 9.50 Å². The number of hydrogen-bond acceptors (Lipinski definition) is 2. The summed E-state index contributed by atoms with van der Waals surface area (Å²) < 4.78 is 20.2. The van der Waals surface area contributed by atoms with Crippen LogP contribution in [-0.2, 0) is 0 Å². The lowest BCUT2D eigenvalue weighted by Crippen LogP contribution is -2.11. The Hall–Kier alpha value is -1.11. The summed E-state index contributed by atoms with van der Waals surface area (Å²) in [7, 11) is 0. The summed E-state index contributed by atoms with van der Waals surface area (Å²) in [6, 6.07) is 7.54. The maximum Gasteiger partial charge on any atom is 0.145 e. The average Bonchev–Trinajstić information content (AvgIpc) is 2.35. The fourth-order valence-corrected chi connectivity index (χ4v) is 2.78. The normalized spacial score (nSPS) is 10.4. The van der Waals surface area contributed by atoms with Gasteiger partial charge in [0.15, 0.2) is 0 Å². The molecule has 0 aliphatic carbocycles. The molecule has 0 amide bonds. The van der Waals surface area contributed by atoms with Crippen LogP contribution in [0.15, 0.2) is 39.3 Å². The molecule has 3 N–H and O–H groups in total. The molecular weight excluding hydrogens is 414 g/mol. The zero-order valence-electron chi connectivity index (χ0n) is 9.88. The topological polar surface area (TPSA) is 59.1 Å². The van der Waals surface area contributed by atoms with Gasteiger partial charge in [-0.3, -0.25) is 5.41 Å². The highest BCUT2D eigenvalue weighted by Gasteiger charge is 2.10. The fourth-order valence-electron chi connectivity index (χ4n) is 1.49. The van der Waals surface area contributed by atoms with Crippen molar-refractivity contribution < 1.29 is 9.13 Å². The molecule has 0 fully saturated rings. The van der Waals surface area contributed by atoms with Gasteiger partial charge in [0, 0.05) is 16.1 Å². The molecular formula is C13H8Br2ClFN2O. The molecule has 104 valence electrons. The van der Waals surface area contributed by atoms with Crippen LogP contribution in [0.5, 0.6) is 11.5 Å². The Morgan fingerprint density at radius 1 is 1.20 bits per heavy atom. The Labute approximate surface area is 136 Å². The first-order valence-electron chi connectivity index (χ1n) is 5.35. The van der Waals surface area contributed by atoms with Crippen LogP contribution in [0, 0.1) is 11.2 Å². The van der Waals surface area contributed by atoms with Gasteiger partial charge in [-0.1, -0.05) is 11.6 Å². The summed E-state index contributed by atoms with van der Waals surface area (Å²) in [5, 5.41) is 7.40. The second kappa shape index (κ2) is 6.11. The van der Waals surface area contributed by atoms with Crippen molar-refractivity contribution in [3.05, 3.63) is 55.7 Å². The van der Waals surface area contributed by atoms with E-state index in [2.05, 4.69) is 31.9 Å². The molecule has 7 heteroatoms. The van der Waals surface area contributed by atoms with Crippen LogP contribution in [-0.4, -0.2) is 5.84 Å². The number of hydrogen-bond donors (Lipinski definition) is 2. The zero-order chi connectivity index (χ0) is 14.9. The van der Waals surface area contributed by atoms with Crippen molar-refractivity contribution in [2.75, 3.05) is 0 Å². The molecule has 2 aromatic carbocycles. The van der Waals surface area contributed by atoms with Crippen molar-refractivity contribution in [1.82, 2.24) is 0 Å². The van der Waals surface area contributed by atoms with Crippen molar-refractivity contribution in [3.63, 3.8) is 0 Å². The first-order chi connectivity index (χ1) is 9.38. The SMILES string of the molecule is N=C(N)c1ccc(Oc2cc(F)c(Cl)cc2Br)cc1Br. The van der Waals surface area contributed by atoms with E-state index in [1.54, 1.807) is 18.2 Å². The molecule has 0 unspecified atom stereocenters. The maximum absolute atomic E-state index is 13.4. The zero-order valence-corrected chi connectivity index (χ0v) is 13.8. The minimum absolute atomic E-state index is 0.0114. The lowest BCUT2D eigenvalue weighted by atomic mass is 10.2. The summed E-state index contributed by atoms with van der Waals surface area (Å²) in [5.41, 5.74) is 5.97. The third kappa shape index (κ3) is 3.31. The Kier molecular flexibility index (Phi) is 4.67. The summed E-state index contributed by atoms with van der Waals surface area (Å²) in [4.78, 5) is 0. The van der Waals surface area contributed by atoms with E-state index < -0.39 is 5.82 Å². The fraction of sp³-hybridized carbons (Fsp3) is 0. The van der Waals surface area contributed by atoms with Crippen molar-refractivity contribution in [3.8, 4) is 11.5 Å².